The summed E-state index contributed by atoms with van der Waals surface area (Å²) in [5.41, 5.74) is 11.4. The lowest BCUT2D eigenvalue weighted by Gasteiger charge is -2.29. The second kappa shape index (κ2) is 15.4. The average molecular weight is 624 g/mol. The predicted molar refractivity (Wildman–Crippen MR) is 180 cm³/mol. The van der Waals surface area contributed by atoms with Gasteiger partial charge in [0.1, 0.15) is 11.5 Å². The first kappa shape index (κ1) is 32.5. The van der Waals surface area contributed by atoms with Gasteiger partial charge in [-0.2, -0.15) is 5.26 Å². The van der Waals surface area contributed by atoms with E-state index in [-0.39, 0.29) is 24.0 Å². The zero-order valence-corrected chi connectivity index (χ0v) is 26.7. The van der Waals surface area contributed by atoms with Gasteiger partial charge in [0.05, 0.1) is 28.8 Å². The van der Waals surface area contributed by atoms with Gasteiger partial charge >= 0.3 is 0 Å². The molecule has 0 aliphatic heterocycles. The number of nitrogens with two attached hydrogens (primary N) is 1. The number of amides is 1. The lowest BCUT2D eigenvalue weighted by atomic mass is 9.91. The van der Waals surface area contributed by atoms with Crippen molar-refractivity contribution in [2.45, 2.75) is 76.7 Å². The van der Waals surface area contributed by atoms with Crippen LogP contribution in [0.25, 0.3) is 11.3 Å². The molecule has 1 amide bonds. The fourth-order valence-electron chi connectivity index (χ4n) is 5.78. The van der Waals surface area contributed by atoms with Crippen molar-refractivity contribution in [2.75, 3.05) is 6.54 Å². The summed E-state index contributed by atoms with van der Waals surface area (Å²) in [6.07, 6.45) is 4.67. The van der Waals surface area contributed by atoms with E-state index in [0.29, 0.717) is 47.5 Å². The molecule has 0 saturated heterocycles. The summed E-state index contributed by atoms with van der Waals surface area (Å²) in [5.74, 6) is 1.24. The fraction of sp³-hybridized carbons (Fsp3) is 0.351. The zero-order valence-electron chi connectivity index (χ0n) is 26.0. The molecule has 7 nitrogen and oxygen atoms in total. The highest BCUT2D eigenvalue weighted by Crippen LogP contribution is 2.28. The number of benzene rings is 3. The zero-order chi connectivity index (χ0) is 31.8. The molecule has 1 aromatic heterocycles. The van der Waals surface area contributed by atoms with Crippen molar-refractivity contribution in [3.63, 3.8) is 0 Å². The normalized spacial score (nSPS) is 17.8. The summed E-state index contributed by atoms with van der Waals surface area (Å²) < 4.78 is 6.16. The molecule has 2 atom stereocenters. The molecule has 1 aliphatic rings. The third kappa shape index (κ3) is 9.06. The van der Waals surface area contributed by atoms with E-state index in [0.717, 1.165) is 42.6 Å². The van der Waals surface area contributed by atoms with Crippen LogP contribution in [-0.4, -0.2) is 30.6 Å². The highest BCUT2D eigenvalue weighted by atomic mass is 35.5. The van der Waals surface area contributed by atoms with E-state index >= 15 is 0 Å². The molecule has 234 valence electrons. The van der Waals surface area contributed by atoms with Crippen LogP contribution in [0.15, 0.2) is 83.3 Å². The highest BCUT2D eigenvalue weighted by Gasteiger charge is 2.22. The van der Waals surface area contributed by atoms with Crippen LogP contribution < -0.4 is 21.7 Å². The molecule has 5 rings (SSSR count). The largest absolute Gasteiger partial charge is 0.460 e. The van der Waals surface area contributed by atoms with E-state index < -0.39 is 0 Å². The third-order valence-electron chi connectivity index (χ3n) is 8.64. The lowest BCUT2D eigenvalue weighted by molar-refractivity contribution is 0.0935. The molecule has 5 N–H and O–H groups in total. The van der Waals surface area contributed by atoms with Crippen LogP contribution in [0.5, 0.6) is 0 Å². The number of furan rings is 1. The summed E-state index contributed by atoms with van der Waals surface area (Å²) in [5, 5.41) is 20.0. The van der Waals surface area contributed by atoms with Gasteiger partial charge in [0, 0.05) is 36.3 Å². The van der Waals surface area contributed by atoms with Crippen molar-refractivity contribution < 1.29 is 9.21 Å². The molecule has 1 fully saturated rings. The smallest absolute Gasteiger partial charge is 0.253 e. The number of carbonyl (C=O) groups is 1. The van der Waals surface area contributed by atoms with Crippen molar-refractivity contribution in [3.8, 4) is 17.4 Å². The number of halogens is 1. The van der Waals surface area contributed by atoms with Crippen molar-refractivity contribution in [2.24, 2.45) is 5.73 Å². The van der Waals surface area contributed by atoms with Crippen LogP contribution in [-0.2, 0) is 13.0 Å². The first-order chi connectivity index (χ1) is 21.8. The molecule has 1 saturated carbocycles. The van der Waals surface area contributed by atoms with Crippen LogP contribution in [0, 0.1) is 18.3 Å². The standard InChI is InChI=1S/C37H42ClN5O2/c1-24-3-9-28(10-4-24)25(2)41-23-33-16-18-36(45-33)29-11-17-35(38)34(20-29)37(44)43-32(19-26-5-7-27(21-39)8-6-26)22-42-31-14-12-30(40)13-15-31/h3-11,16-18,20,25,30-32,41-42H,12-15,19,22-23,40H2,1-2H3,(H,43,44). The van der Waals surface area contributed by atoms with Gasteiger partial charge in [0.25, 0.3) is 5.91 Å². The summed E-state index contributed by atoms with van der Waals surface area (Å²) in [6.45, 7) is 5.40. The third-order valence-corrected chi connectivity index (χ3v) is 8.97. The van der Waals surface area contributed by atoms with Crippen LogP contribution in [0.4, 0.5) is 0 Å². The molecule has 0 bridgehead atoms. The van der Waals surface area contributed by atoms with Crippen molar-refractivity contribution in [1.29, 1.82) is 5.26 Å². The Labute approximate surface area is 271 Å². The average Bonchev–Trinajstić information content (AvgIpc) is 3.53. The molecule has 2 unspecified atom stereocenters. The SMILES string of the molecule is Cc1ccc(C(C)NCc2ccc(-c3ccc(Cl)c(C(=O)NC(CNC4CCC(N)CC4)Cc4ccc(C#N)cc4)c3)o2)cc1. The van der Waals surface area contributed by atoms with Gasteiger partial charge in [0.2, 0.25) is 0 Å². The summed E-state index contributed by atoms with van der Waals surface area (Å²) >= 11 is 6.57. The Bertz CT molecular complexity index is 1600. The maximum absolute atomic E-state index is 13.7. The van der Waals surface area contributed by atoms with Crippen molar-refractivity contribution in [3.05, 3.63) is 117 Å². The number of aryl methyl sites for hydroxylation is 1. The van der Waals surface area contributed by atoms with Gasteiger partial charge in [0.15, 0.2) is 0 Å². The molecule has 3 aromatic carbocycles. The van der Waals surface area contributed by atoms with Crippen molar-refractivity contribution in [1.82, 2.24) is 16.0 Å². The van der Waals surface area contributed by atoms with Gasteiger partial charge in [-0.1, -0.05) is 53.6 Å². The van der Waals surface area contributed by atoms with E-state index in [9.17, 15) is 10.1 Å². The Kier molecular flexibility index (Phi) is 11.1. The molecule has 1 aliphatic carbocycles. The Morgan fingerprint density at radius 2 is 1.76 bits per heavy atom. The maximum Gasteiger partial charge on any atom is 0.253 e. The number of hydrogen-bond donors (Lipinski definition) is 4. The monoisotopic (exact) mass is 623 g/mol. The number of hydrogen-bond acceptors (Lipinski definition) is 6. The van der Waals surface area contributed by atoms with Crippen molar-refractivity contribution >= 4 is 17.5 Å². The van der Waals surface area contributed by atoms with Crippen LogP contribution in [0.3, 0.4) is 0 Å². The highest BCUT2D eigenvalue weighted by molar-refractivity contribution is 6.34. The molecular formula is C37H42ClN5O2. The minimum atomic E-state index is -0.242. The molecule has 0 spiro atoms. The van der Waals surface area contributed by atoms with Gasteiger partial charge in [-0.25, -0.2) is 0 Å². The second-order valence-corrected chi connectivity index (χ2v) is 12.6. The number of nitrogens with zero attached hydrogens (tertiary/aromatic N) is 1. The molecule has 4 aromatic rings. The summed E-state index contributed by atoms with van der Waals surface area (Å²) in [6, 6.07) is 28.1. The van der Waals surface area contributed by atoms with E-state index in [1.54, 1.807) is 24.3 Å². The maximum atomic E-state index is 13.7. The number of nitriles is 1. The Balaban J connectivity index is 1.25. The Morgan fingerprint density at radius 3 is 2.47 bits per heavy atom. The number of rotatable bonds is 12. The van der Waals surface area contributed by atoms with Crippen LogP contribution >= 0.6 is 11.6 Å². The molecule has 45 heavy (non-hydrogen) atoms. The van der Waals surface area contributed by atoms with Gasteiger partial charge in [-0.15, -0.1) is 0 Å². The van der Waals surface area contributed by atoms with E-state index in [4.69, 9.17) is 21.8 Å². The Morgan fingerprint density at radius 1 is 1.02 bits per heavy atom. The van der Waals surface area contributed by atoms with Gasteiger partial charge < -0.3 is 26.1 Å². The number of nitrogens with one attached hydrogen (secondary N) is 3. The van der Waals surface area contributed by atoms with Gasteiger partial charge in [-0.3, -0.25) is 4.79 Å². The fourth-order valence-corrected chi connectivity index (χ4v) is 5.98. The summed E-state index contributed by atoms with van der Waals surface area (Å²) in [7, 11) is 0. The minimum Gasteiger partial charge on any atom is -0.460 e. The quantitative estimate of drug-likeness (QED) is 0.137. The topological polar surface area (TPSA) is 116 Å². The van der Waals surface area contributed by atoms with Crippen LogP contribution in [0.1, 0.15) is 77.0 Å². The number of carbonyl (C=O) groups excluding carboxylic acids is 1. The van der Waals surface area contributed by atoms with E-state index in [1.165, 1.54) is 11.1 Å². The summed E-state index contributed by atoms with van der Waals surface area (Å²) in [4.78, 5) is 13.7. The minimum absolute atomic E-state index is 0.174. The second-order valence-electron chi connectivity index (χ2n) is 12.2. The molecule has 1 heterocycles. The predicted octanol–water partition coefficient (Wildman–Crippen LogP) is 6.83. The van der Waals surface area contributed by atoms with Gasteiger partial charge in [-0.05, 0) is 99.5 Å². The van der Waals surface area contributed by atoms with E-state index in [2.05, 4.69) is 60.1 Å². The first-order valence-electron chi connectivity index (χ1n) is 15.7. The lowest BCUT2D eigenvalue weighted by Crippen LogP contribution is -2.47. The Hall–Kier alpha value is -3.93. The molecular weight excluding hydrogens is 582 g/mol. The molecule has 8 heteroatoms. The first-order valence-corrected chi connectivity index (χ1v) is 16.1. The van der Waals surface area contributed by atoms with Crippen LogP contribution in [0.2, 0.25) is 5.02 Å². The van der Waals surface area contributed by atoms with E-state index in [1.807, 2.05) is 30.3 Å². The molecule has 0 radical (unpaired) electrons.